The Labute approximate surface area is 187 Å². The van der Waals surface area contributed by atoms with E-state index in [1.54, 1.807) is 6.07 Å². The van der Waals surface area contributed by atoms with Crippen molar-refractivity contribution >= 4 is 28.7 Å². The normalized spacial score (nSPS) is 13.5. The van der Waals surface area contributed by atoms with Gasteiger partial charge in [0.15, 0.2) is 0 Å². The second kappa shape index (κ2) is 8.94. The van der Waals surface area contributed by atoms with Crippen LogP contribution in [0.3, 0.4) is 0 Å². The van der Waals surface area contributed by atoms with Gasteiger partial charge in [-0.2, -0.15) is 0 Å². The quantitative estimate of drug-likeness (QED) is 0.468. The molecular formula is C26H24ClNO3. The minimum absolute atomic E-state index is 0.0497. The summed E-state index contributed by atoms with van der Waals surface area (Å²) in [4.78, 5) is 15.7. The van der Waals surface area contributed by atoms with Gasteiger partial charge in [-0.1, -0.05) is 41.4 Å². The lowest BCUT2D eigenvalue weighted by Gasteiger charge is -2.16. The number of hydrogen-bond donors (Lipinski definition) is 1. The number of ether oxygens (including phenoxy) is 1. The van der Waals surface area contributed by atoms with Gasteiger partial charge < -0.3 is 9.84 Å². The summed E-state index contributed by atoms with van der Waals surface area (Å²) in [6.07, 6.45) is 2.69. The summed E-state index contributed by atoms with van der Waals surface area (Å²) in [6, 6.07) is 17.1. The van der Waals surface area contributed by atoms with Gasteiger partial charge in [-0.25, -0.2) is 9.78 Å². The molecule has 0 radical (unpaired) electrons. The van der Waals surface area contributed by atoms with Gasteiger partial charge in [0, 0.05) is 10.6 Å². The highest BCUT2D eigenvalue weighted by Crippen LogP contribution is 2.43. The van der Waals surface area contributed by atoms with Crippen molar-refractivity contribution in [1.82, 2.24) is 4.98 Å². The molecule has 0 saturated heterocycles. The molecule has 0 spiro atoms. The van der Waals surface area contributed by atoms with E-state index in [0.717, 1.165) is 47.3 Å². The van der Waals surface area contributed by atoms with Gasteiger partial charge in [-0.05, 0) is 85.7 Å². The van der Waals surface area contributed by atoms with E-state index in [9.17, 15) is 9.90 Å². The Morgan fingerprint density at radius 2 is 1.87 bits per heavy atom. The second-order valence-electron chi connectivity index (χ2n) is 7.88. The molecule has 2 aromatic carbocycles. The summed E-state index contributed by atoms with van der Waals surface area (Å²) in [6.45, 7) is 4.64. The fourth-order valence-electron chi connectivity index (χ4n) is 4.07. The number of rotatable bonds is 6. The summed E-state index contributed by atoms with van der Waals surface area (Å²) in [7, 11) is 0. The number of halogens is 1. The first-order valence-corrected chi connectivity index (χ1v) is 10.7. The lowest BCUT2D eigenvalue weighted by atomic mass is 9.98. The Bertz CT molecular complexity index is 1180. The predicted molar refractivity (Wildman–Crippen MR) is 124 cm³/mol. The van der Waals surface area contributed by atoms with Crippen LogP contribution in [0.2, 0.25) is 5.02 Å². The fourth-order valence-corrected chi connectivity index (χ4v) is 4.24. The fraction of sp³-hybridized carbons (Fsp3) is 0.231. The van der Waals surface area contributed by atoms with Crippen molar-refractivity contribution in [3.8, 4) is 5.75 Å². The number of carboxylic acids is 1. The molecule has 0 bridgehead atoms. The number of hydrogen-bond acceptors (Lipinski definition) is 3. The zero-order valence-electron chi connectivity index (χ0n) is 17.6. The molecule has 4 rings (SSSR count). The summed E-state index contributed by atoms with van der Waals surface area (Å²) in [5.41, 5.74) is 7.45. The van der Waals surface area contributed by atoms with Crippen LogP contribution in [0.25, 0.3) is 11.1 Å². The van der Waals surface area contributed by atoms with Crippen molar-refractivity contribution in [2.24, 2.45) is 0 Å². The minimum Gasteiger partial charge on any atom is -0.488 e. The topological polar surface area (TPSA) is 59.4 Å². The molecule has 0 fully saturated rings. The molecule has 5 heteroatoms. The standard InChI is InChI=1S/C26H24ClNO3/c1-16-9-10-18(17(2)13-16)15-31-25-12-11-19(27)14-22(25)20-5-3-6-21(20)23-7-4-8-24(28-23)26(29)30/h4,7-14H,3,5-6,15H2,1-2H3,(H,29,30). The summed E-state index contributed by atoms with van der Waals surface area (Å²) >= 11 is 6.34. The molecule has 0 atom stereocenters. The first-order chi connectivity index (χ1) is 14.9. The van der Waals surface area contributed by atoms with Gasteiger partial charge in [-0.3, -0.25) is 0 Å². The number of carboxylic acid groups (broad SMARTS) is 1. The molecule has 158 valence electrons. The van der Waals surface area contributed by atoms with E-state index >= 15 is 0 Å². The maximum absolute atomic E-state index is 11.4. The van der Waals surface area contributed by atoms with Crippen molar-refractivity contribution < 1.29 is 14.6 Å². The lowest BCUT2D eigenvalue weighted by Crippen LogP contribution is -2.03. The lowest BCUT2D eigenvalue weighted by molar-refractivity contribution is 0.0690. The van der Waals surface area contributed by atoms with Crippen molar-refractivity contribution in [3.63, 3.8) is 0 Å². The Balaban J connectivity index is 1.71. The maximum atomic E-state index is 11.4. The number of benzene rings is 2. The van der Waals surface area contributed by atoms with Crippen LogP contribution in [0.1, 0.15) is 57.7 Å². The first kappa shape index (κ1) is 21.1. The summed E-state index contributed by atoms with van der Waals surface area (Å²) < 4.78 is 6.25. The number of aryl methyl sites for hydroxylation is 2. The average Bonchev–Trinajstić information content (AvgIpc) is 3.23. The maximum Gasteiger partial charge on any atom is 0.354 e. The van der Waals surface area contributed by atoms with Gasteiger partial charge in [-0.15, -0.1) is 0 Å². The molecule has 1 aliphatic carbocycles. The number of pyridine rings is 1. The van der Waals surface area contributed by atoms with E-state index in [1.807, 2.05) is 24.3 Å². The smallest absolute Gasteiger partial charge is 0.354 e. The molecule has 1 aromatic heterocycles. The van der Waals surface area contributed by atoms with Gasteiger partial charge in [0.2, 0.25) is 0 Å². The third kappa shape index (κ3) is 4.64. The van der Waals surface area contributed by atoms with Gasteiger partial charge >= 0.3 is 5.97 Å². The molecule has 1 aliphatic rings. The van der Waals surface area contributed by atoms with Gasteiger partial charge in [0.1, 0.15) is 18.1 Å². The Morgan fingerprint density at radius 3 is 2.65 bits per heavy atom. The van der Waals surface area contributed by atoms with Crippen LogP contribution < -0.4 is 4.74 Å². The Kier molecular flexibility index (Phi) is 6.10. The highest BCUT2D eigenvalue weighted by molar-refractivity contribution is 6.30. The van der Waals surface area contributed by atoms with Crippen LogP contribution in [-0.2, 0) is 6.61 Å². The van der Waals surface area contributed by atoms with Crippen molar-refractivity contribution in [2.45, 2.75) is 39.7 Å². The first-order valence-electron chi connectivity index (χ1n) is 10.3. The predicted octanol–water partition coefficient (Wildman–Crippen LogP) is 6.72. The van der Waals surface area contributed by atoms with Crippen LogP contribution in [0.5, 0.6) is 5.75 Å². The number of nitrogens with zero attached hydrogens (tertiary/aromatic N) is 1. The summed E-state index contributed by atoms with van der Waals surface area (Å²) in [5.74, 6) is -0.254. The molecule has 4 nitrogen and oxygen atoms in total. The zero-order chi connectivity index (χ0) is 22.0. The van der Waals surface area contributed by atoms with Crippen LogP contribution in [0.4, 0.5) is 0 Å². The van der Waals surface area contributed by atoms with Crippen molar-refractivity contribution in [3.05, 3.63) is 93.3 Å². The van der Waals surface area contributed by atoms with Crippen LogP contribution in [0.15, 0.2) is 54.6 Å². The molecule has 0 amide bonds. The van der Waals surface area contributed by atoms with E-state index in [2.05, 4.69) is 37.0 Å². The molecule has 3 aromatic rings. The highest BCUT2D eigenvalue weighted by Gasteiger charge is 2.22. The van der Waals surface area contributed by atoms with Crippen molar-refractivity contribution in [1.29, 1.82) is 0 Å². The Morgan fingerprint density at radius 1 is 1.06 bits per heavy atom. The second-order valence-corrected chi connectivity index (χ2v) is 8.32. The number of aromatic carboxylic acids is 1. The Hall–Kier alpha value is -3.11. The molecule has 0 aliphatic heterocycles. The van der Waals surface area contributed by atoms with Gasteiger partial charge in [0.25, 0.3) is 0 Å². The van der Waals surface area contributed by atoms with E-state index in [0.29, 0.717) is 17.3 Å². The van der Waals surface area contributed by atoms with Crippen LogP contribution >= 0.6 is 11.6 Å². The van der Waals surface area contributed by atoms with E-state index in [-0.39, 0.29) is 5.69 Å². The number of allylic oxidation sites excluding steroid dienone is 2. The highest BCUT2D eigenvalue weighted by atomic mass is 35.5. The van der Waals surface area contributed by atoms with Gasteiger partial charge in [0.05, 0.1) is 5.69 Å². The van der Waals surface area contributed by atoms with Crippen LogP contribution in [0, 0.1) is 13.8 Å². The van der Waals surface area contributed by atoms with Crippen molar-refractivity contribution in [2.75, 3.05) is 0 Å². The summed E-state index contributed by atoms with van der Waals surface area (Å²) in [5, 5.41) is 9.96. The molecule has 0 unspecified atom stereocenters. The molecule has 0 saturated carbocycles. The van der Waals surface area contributed by atoms with Crippen LogP contribution in [-0.4, -0.2) is 16.1 Å². The van der Waals surface area contributed by atoms with E-state index in [1.165, 1.54) is 17.2 Å². The monoisotopic (exact) mass is 433 g/mol. The third-order valence-electron chi connectivity index (χ3n) is 5.64. The third-order valence-corrected chi connectivity index (χ3v) is 5.88. The average molecular weight is 434 g/mol. The number of carbonyl (C=O) groups is 1. The zero-order valence-corrected chi connectivity index (χ0v) is 18.4. The largest absolute Gasteiger partial charge is 0.488 e. The van der Waals surface area contributed by atoms with E-state index < -0.39 is 5.97 Å². The molecule has 1 N–H and O–H groups in total. The number of aromatic nitrogens is 1. The SMILES string of the molecule is Cc1ccc(COc2ccc(Cl)cc2C2=C(c3cccc(C(=O)O)n3)CCC2)c(C)c1. The molecule has 31 heavy (non-hydrogen) atoms. The molecular weight excluding hydrogens is 410 g/mol. The molecule has 1 heterocycles. The minimum atomic E-state index is -1.03. The van der Waals surface area contributed by atoms with E-state index in [4.69, 9.17) is 16.3 Å².